The summed E-state index contributed by atoms with van der Waals surface area (Å²) >= 11 is 0. The van der Waals surface area contributed by atoms with E-state index < -0.39 is 0 Å². The number of hydrogen-bond donors (Lipinski definition) is 1. The number of nitrogens with zero attached hydrogens (tertiary/aromatic N) is 4. The number of amides is 1. The maximum absolute atomic E-state index is 12.6. The zero-order valence-electron chi connectivity index (χ0n) is 19.9. The van der Waals surface area contributed by atoms with E-state index in [-0.39, 0.29) is 11.9 Å². The lowest BCUT2D eigenvalue weighted by molar-refractivity contribution is -0.120. The van der Waals surface area contributed by atoms with Crippen LogP contribution in [0.2, 0.25) is 0 Å². The minimum absolute atomic E-state index is 0.227. The Labute approximate surface area is 195 Å². The van der Waals surface area contributed by atoms with Gasteiger partial charge in [-0.15, -0.1) is 0 Å². The average molecular weight is 454 g/mol. The highest BCUT2D eigenvalue weighted by molar-refractivity contribution is 5.91. The number of benzene rings is 1. The van der Waals surface area contributed by atoms with Gasteiger partial charge in [-0.1, -0.05) is 11.6 Å². The van der Waals surface area contributed by atoms with Gasteiger partial charge in [-0.3, -0.25) is 9.69 Å². The molecule has 0 bridgehead atoms. The number of carbonyl (C=O) groups is 2. The van der Waals surface area contributed by atoms with Crippen LogP contribution in [0, 0.1) is 18.8 Å². The first-order valence-corrected chi connectivity index (χ1v) is 11.9. The number of fused-ring (bicyclic) bond motifs is 1. The SMILES string of the molecule is Cc1ccc2ncnc(NCC(=O)CC3CN(C4CCC(COC(=O)N(C)C)CC4)C3)c2c1. The highest BCUT2D eigenvalue weighted by Gasteiger charge is 2.35. The van der Waals surface area contributed by atoms with Gasteiger partial charge in [-0.05, 0) is 56.6 Å². The maximum Gasteiger partial charge on any atom is 0.409 e. The van der Waals surface area contributed by atoms with Crippen LogP contribution in [0.15, 0.2) is 24.5 Å². The van der Waals surface area contributed by atoms with E-state index in [1.807, 2.05) is 25.1 Å². The van der Waals surface area contributed by atoms with Crippen LogP contribution in [0.1, 0.15) is 37.7 Å². The van der Waals surface area contributed by atoms with Gasteiger partial charge in [-0.25, -0.2) is 14.8 Å². The van der Waals surface area contributed by atoms with Crippen molar-refractivity contribution in [2.45, 2.75) is 45.1 Å². The maximum atomic E-state index is 12.6. The molecule has 0 radical (unpaired) electrons. The number of ketones is 1. The van der Waals surface area contributed by atoms with E-state index in [4.69, 9.17) is 4.74 Å². The fourth-order valence-electron chi connectivity index (χ4n) is 4.92. The molecule has 4 rings (SSSR count). The molecule has 1 aromatic carbocycles. The Hall–Kier alpha value is -2.74. The molecule has 178 valence electrons. The number of Topliss-reactive ketones (excluding diaryl/α,β-unsaturated/α-hetero) is 1. The number of hydrogen-bond acceptors (Lipinski definition) is 7. The van der Waals surface area contributed by atoms with Gasteiger partial charge in [0.05, 0.1) is 18.7 Å². The molecule has 0 atom stereocenters. The Kier molecular flexibility index (Phi) is 7.42. The molecule has 2 aromatic rings. The summed E-state index contributed by atoms with van der Waals surface area (Å²) in [5, 5.41) is 4.17. The van der Waals surface area contributed by atoms with Gasteiger partial charge in [0.2, 0.25) is 0 Å². The summed E-state index contributed by atoms with van der Waals surface area (Å²) in [6.45, 7) is 4.87. The summed E-state index contributed by atoms with van der Waals surface area (Å²) in [7, 11) is 3.42. The molecule has 8 nitrogen and oxygen atoms in total. The van der Waals surface area contributed by atoms with E-state index in [0.717, 1.165) is 61.1 Å². The van der Waals surface area contributed by atoms with E-state index in [9.17, 15) is 9.59 Å². The third-order valence-corrected chi connectivity index (χ3v) is 6.89. The van der Waals surface area contributed by atoms with Crippen molar-refractivity contribution in [2.75, 3.05) is 45.7 Å². The number of carbonyl (C=O) groups excluding carboxylic acids is 2. The molecule has 1 N–H and O–H groups in total. The lowest BCUT2D eigenvalue weighted by Gasteiger charge is -2.46. The Balaban J connectivity index is 1.15. The summed E-state index contributed by atoms with van der Waals surface area (Å²) in [5.74, 6) is 1.87. The van der Waals surface area contributed by atoms with Gasteiger partial charge in [-0.2, -0.15) is 0 Å². The molecule has 8 heteroatoms. The van der Waals surface area contributed by atoms with Gasteiger partial charge in [0.25, 0.3) is 0 Å². The summed E-state index contributed by atoms with van der Waals surface area (Å²) in [6, 6.07) is 6.66. The van der Waals surface area contributed by atoms with Crippen molar-refractivity contribution >= 4 is 28.6 Å². The minimum Gasteiger partial charge on any atom is -0.449 e. The second-order valence-corrected chi connectivity index (χ2v) is 9.81. The third-order valence-electron chi connectivity index (χ3n) is 6.89. The molecule has 1 saturated carbocycles. The van der Waals surface area contributed by atoms with Gasteiger partial charge in [0, 0.05) is 45.0 Å². The highest BCUT2D eigenvalue weighted by Crippen LogP contribution is 2.32. The van der Waals surface area contributed by atoms with E-state index in [1.54, 1.807) is 14.1 Å². The zero-order valence-corrected chi connectivity index (χ0v) is 19.9. The Bertz CT molecular complexity index is 981. The summed E-state index contributed by atoms with van der Waals surface area (Å²) < 4.78 is 5.35. The van der Waals surface area contributed by atoms with Gasteiger partial charge in [0.15, 0.2) is 5.78 Å². The zero-order chi connectivity index (χ0) is 23.4. The second kappa shape index (κ2) is 10.5. The van der Waals surface area contributed by atoms with Gasteiger partial charge >= 0.3 is 6.09 Å². The van der Waals surface area contributed by atoms with E-state index in [0.29, 0.717) is 37.5 Å². The molecule has 0 unspecified atom stereocenters. The lowest BCUT2D eigenvalue weighted by atomic mass is 9.82. The van der Waals surface area contributed by atoms with Crippen molar-refractivity contribution in [3.63, 3.8) is 0 Å². The normalized spacial score (nSPS) is 21.4. The Morgan fingerprint density at radius 3 is 2.61 bits per heavy atom. The van der Waals surface area contributed by atoms with Gasteiger partial charge in [0.1, 0.15) is 12.1 Å². The van der Waals surface area contributed by atoms with Crippen molar-refractivity contribution in [1.82, 2.24) is 19.8 Å². The molecule has 1 aromatic heterocycles. The lowest BCUT2D eigenvalue weighted by Crippen LogP contribution is -2.53. The largest absolute Gasteiger partial charge is 0.449 e. The van der Waals surface area contributed by atoms with Crippen LogP contribution in [0.25, 0.3) is 10.9 Å². The molecule has 1 aliphatic heterocycles. The average Bonchev–Trinajstić information content (AvgIpc) is 2.78. The first kappa shape index (κ1) is 23.4. The summed E-state index contributed by atoms with van der Waals surface area (Å²) in [4.78, 5) is 36.8. The molecular weight excluding hydrogens is 418 g/mol. The fourth-order valence-corrected chi connectivity index (χ4v) is 4.92. The van der Waals surface area contributed by atoms with Crippen molar-refractivity contribution in [3.8, 4) is 0 Å². The van der Waals surface area contributed by atoms with Crippen LogP contribution in [-0.2, 0) is 9.53 Å². The van der Waals surface area contributed by atoms with Crippen molar-refractivity contribution in [1.29, 1.82) is 0 Å². The molecule has 2 fully saturated rings. The number of likely N-dealkylation sites (tertiary alicyclic amines) is 1. The molecule has 0 spiro atoms. The van der Waals surface area contributed by atoms with Crippen LogP contribution >= 0.6 is 0 Å². The molecule has 33 heavy (non-hydrogen) atoms. The molecule has 2 heterocycles. The summed E-state index contributed by atoms with van der Waals surface area (Å²) in [5.41, 5.74) is 2.02. The first-order valence-electron chi connectivity index (χ1n) is 11.9. The van der Waals surface area contributed by atoms with E-state index in [2.05, 4.69) is 20.2 Å². The van der Waals surface area contributed by atoms with E-state index >= 15 is 0 Å². The number of aryl methyl sites for hydroxylation is 1. The van der Waals surface area contributed by atoms with Gasteiger partial charge < -0.3 is 15.0 Å². The van der Waals surface area contributed by atoms with Crippen LogP contribution in [0.3, 0.4) is 0 Å². The topological polar surface area (TPSA) is 87.7 Å². The van der Waals surface area contributed by atoms with E-state index in [1.165, 1.54) is 11.2 Å². The smallest absolute Gasteiger partial charge is 0.409 e. The van der Waals surface area contributed by atoms with Crippen LogP contribution in [0.5, 0.6) is 0 Å². The molecule has 1 aliphatic carbocycles. The fraction of sp³-hybridized carbons (Fsp3) is 0.600. The van der Waals surface area contributed by atoms with Crippen LogP contribution in [-0.4, -0.2) is 78.0 Å². The number of ether oxygens (including phenoxy) is 1. The summed E-state index contributed by atoms with van der Waals surface area (Å²) in [6.07, 6.45) is 6.38. The quantitative estimate of drug-likeness (QED) is 0.654. The number of anilines is 1. The third kappa shape index (κ3) is 5.99. The number of rotatable bonds is 8. The number of nitrogens with one attached hydrogen (secondary N) is 1. The first-order chi connectivity index (χ1) is 15.9. The predicted molar refractivity (Wildman–Crippen MR) is 128 cm³/mol. The molecule has 1 saturated heterocycles. The predicted octanol–water partition coefficient (Wildman–Crippen LogP) is 3.50. The van der Waals surface area contributed by atoms with Crippen molar-refractivity contribution in [2.24, 2.45) is 11.8 Å². The van der Waals surface area contributed by atoms with Crippen LogP contribution < -0.4 is 5.32 Å². The van der Waals surface area contributed by atoms with Crippen LogP contribution in [0.4, 0.5) is 10.6 Å². The Morgan fingerprint density at radius 2 is 1.88 bits per heavy atom. The van der Waals surface area contributed by atoms with Crippen molar-refractivity contribution < 1.29 is 14.3 Å². The second-order valence-electron chi connectivity index (χ2n) is 9.81. The molecule has 1 amide bonds. The van der Waals surface area contributed by atoms with Crippen molar-refractivity contribution in [3.05, 3.63) is 30.1 Å². The Morgan fingerprint density at radius 1 is 1.12 bits per heavy atom. The molecule has 2 aliphatic rings. The molecular formula is C25H35N5O3. The highest BCUT2D eigenvalue weighted by atomic mass is 16.6. The standard InChI is InChI=1S/C25H35N5O3/c1-17-4-9-23-22(10-17)24(28-16-27-23)26-12-21(31)11-19-13-30(14-19)20-7-5-18(6-8-20)15-33-25(32)29(2)3/h4,9-10,16,18-20H,5-8,11-15H2,1-3H3,(H,26,27,28). The monoisotopic (exact) mass is 453 g/mol. The number of aromatic nitrogens is 2. The minimum atomic E-state index is -0.259.